The Bertz CT molecular complexity index is 7960. The molecule has 0 N–H and O–H groups in total. The lowest BCUT2D eigenvalue weighted by atomic mass is 9.67. The molecule has 0 radical (unpaired) electrons. The Hall–Kier alpha value is -14.2. The highest BCUT2D eigenvalue weighted by atomic mass is 19.1. The van der Waals surface area contributed by atoms with Crippen molar-refractivity contribution in [2.24, 2.45) is 0 Å². The summed E-state index contributed by atoms with van der Waals surface area (Å²) in [6, 6.07) is 142. The summed E-state index contributed by atoms with van der Waals surface area (Å²) in [6.07, 6.45) is 19.7. The normalized spacial score (nSPS) is 17.7. The first-order chi connectivity index (χ1) is 70.4. The maximum atomic E-state index is 13.8. The molecule has 2 atom stereocenters. The zero-order valence-electron chi connectivity index (χ0n) is 86.9. The van der Waals surface area contributed by atoms with Crippen LogP contribution in [0.2, 0.25) is 0 Å². The van der Waals surface area contributed by atoms with E-state index < -0.39 is 0 Å². The van der Waals surface area contributed by atoms with Crippen molar-refractivity contribution in [1.82, 2.24) is 0 Å². The van der Waals surface area contributed by atoms with Gasteiger partial charge >= 0.3 is 0 Å². The summed E-state index contributed by atoms with van der Waals surface area (Å²) in [5, 5.41) is 0. The van der Waals surface area contributed by atoms with Crippen LogP contribution < -0.4 is 0 Å². The summed E-state index contributed by atoms with van der Waals surface area (Å²) in [5.41, 5.74) is 57.5. The lowest BCUT2D eigenvalue weighted by Crippen LogP contribution is -2.29. The van der Waals surface area contributed by atoms with E-state index in [0.717, 1.165) is 5.56 Å². The van der Waals surface area contributed by atoms with Gasteiger partial charge in [-0.05, 0) is 354 Å². The molecular formula is C143H134F2. The van der Waals surface area contributed by atoms with Crippen LogP contribution >= 0.6 is 0 Å². The molecule has 10 aliphatic carbocycles. The fourth-order valence-corrected chi connectivity index (χ4v) is 28.8. The molecule has 0 amide bonds. The molecule has 0 heterocycles. The van der Waals surface area contributed by atoms with Gasteiger partial charge in [0.25, 0.3) is 0 Å². The maximum Gasteiger partial charge on any atom is 0.123 e. The molecule has 145 heavy (non-hydrogen) atoms. The number of rotatable bonds is 4. The molecule has 3 spiro atoms. The lowest BCUT2D eigenvalue weighted by Gasteiger charge is -2.36. The van der Waals surface area contributed by atoms with Crippen molar-refractivity contribution in [2.75, 3.05) is 0 Å². The summed E-state index contributed by atoms with van der Waals surface area (Å²) < 4.78 is 27.3. The molecule has 720 valence electrons. The minimum absolute atomic E-state index is 0.0570. The van der Waals surface area contributed by atoms with Crippen molar-refractivity contribution in [3.8, 4) is 100 Å². The quantitative estimate of drug-likeness (QED) is 0.165. The zero-order valence-corrected chi connectivity index (χ0v) is 86.9. The minimum atomic E-state index is -0.151. The third-order valence-corrected chi connectivity index (χ3v) is 35.3. The standard InChI is InChI=1S/C27H22.C25H24.C21H18.C19H19F.C19H20.C16H15F.C16H16/c1-19-13-15-23-24-16-14-21(20-9-5-3-6-10-20)18-26(24)27(2,25(23)17-19)22-11-7-4-8-12-22;1-18-10-12-21-22-13-11-20(19-8-4-2-5-9-19)17-24(22)25(23(21)16-18)14-6-3-7-15-25;1-15-9-8-13-18-17-12-6-7-14-19(17)21(2,20(15)18)16-10-4-3-5-11-16;1-13-6-5-7-16-15-9-8-14(20)12-17(15)19(18(13)16)10-3-2-4-11-19;1-14-8-7-10-16-15-9-3-4-11-17(15)19(18(14)16)12-5-2-6-13-19;1-10-5-4-6-13-12-8-7-11(17)9-14(12)16(2,3)15(10)13;1-11-7-6-9-13-12-8-4-5-10-14(12)16(2,3)15(11)13/h3-18H,1-2H3;2,4-5,8-13,16-17H,3,6-7,14-15H2,1H3;3-14H,1-2H3;5-9,12H,2-4,10-11H2,1H3;3-4,7-11H,2,5-6,12-13H2,1H3;4-9H,1-3H3;4-10H,1-3H3. The minimum Gasteiger partial charge on any atom is -0.207 e. The highest BCUT2D eigenvalue weighted by molar-refractivity contribution is 5.91. The molecule has 3 saturated carbocycles. The molecule has 28 rings (SSSR count). The van der Waals surface area contributed by atoms with Crippen molar-refractivity contribution in [1.29, 1.82) is 0 Å². The smallest absolute Gasteiger partial charge is 0.123 e. The van der Waals surface area contributed by atoms with Crippen LogP contribution in [0, 0.1) is 60.1 Å². The highest BCUT2D eigenvalue weighted by Crippen LogP contribution is 2.63. The molecule has 3 fully saturated rings. The Balaban J connectivity index is 0.0000000970. The van der Waals surface area contributed by atoms with E-state index in [4.69, 9.17) is 0 Å². The Morgan fingerprint density at radius 3 is 0.917 bits per heavy atom. The van der Waals surface area contributed by atoms with Gasteiger partial charge in [-0.3, -0.25) is 0 Å². The second-order valence-electron chi connectivity index (χ2n) is 44.5. The van der Waals surface area contributed by atoms with Gasteiger partial charge in [-0.2, -0.15) is 0 Å². The first kappa shape index (κ1) is 95.7. The molecular weight excluding hydrogens is 1760 g/mol. The van der Waals surface area contributed by atoms with Crippen LogP contribution in [0.25, 0.3) is 100 Å². The average molecular weight is 1890 g/mol. The van der Waals surface area contributed by atoms with E-state index in [9.17, 15) is 8.78 Å². The van der Waals surface area contributed by atoms with E-state index in [-0.39, 0.29) is 44.1 Å². The van der Waals surface area contributed by atoms with Crippen molar-refractivity contribution in [3.05, 3.63) is 534 Å². The van der Waals surface area contributed by atoms with Crippen LogP contribution in [0.3, 0.4) is 0 Å². The Kier molecular flexibility index (Phi) is 25.3. The molecule has 0 nitrogen and oxygen atoms in total. The number of hydrogen-bond donors (Lipinski definition) is 0. The summed E-state index contributed by atoms with van der Waals surface area (Å²) in [5.74, 6) is -0.249. The molecule has 2 unspecified atom stereocenters. The summed E-state index contributed by atoms with van der Waals surface area (Å²) in [7, 11) is 0. The molecule has 10 aliphatic rings. The summed E-state index contributed by atoms with van der Waals surface area (Å²) in [4.78, 5) is 0. The molecule has 0 aliphatic heterocycles. The van der Waals surface area contributed by atoms with Crippen molar-refractivity contribution >= 4 is 0 Å². The second-order valence-corrected chi connectivity index (χ2v) is 44.5. The third-order valence-electron chi connectivity index (χ3n) is 35.3. The number of fused-ring (bicyclic) bond motifs is 27. The SMILES string of the molecule is Cc1ccc2c(c1)C(C)(c1ccccc1)c1cc(-c3ccccc3)ccc1-2.Cc1ccc2c(c1)C1(CCCCC1)c1cc(-c3ccccc3)ccc1-2.Cc1cccc2c1C(C)(C)c1cc(F)ccc1-2.Cc1cccc2c1C(C)(C)c1ccccc1-2.Cc1cccc2c1C(C)(c1ccccc1)c1ccccc1-2.Cc1cccc2c1C1(CCCCC1)c1cc(F)ccc1-2.Cc1cccc2c1C1(CCCCC1)c1ccccc1-2. The van der Waals surface area contributed by atoms with Crippen LogP contribution in [-0.4, -0.2) is 0 Å². The monoisotopic (exact) mass is 1890 g/mol. The van der Waals surface area contributed by atoms with Crippen LogP contribution in [0.5, 0.6) is 0 Å². The average Bonchev–Trinajstić information content (AvgIpc) is 1.55. The Morgan fingerprint density at radius 1 is 0.172 bits per heavy atom. The van der Waals surface area contributed by atoms with E-state index in [2.05, 4.69) is 448 Å². The number of benzene rings is 18. The van der Waals surface area contributed by atoms with Crippen molar-refractivity contribution in [2.45, 2.75) is 224 Å². The Morgan fingerprint density at radius 2 is 0.448 bits per heavy atom. The number of hydrogen-bond acceptors (Lipinski definition) is 0. The predicted molar refractivity (Wildman–Crippen MR) is 607 cm³/mol. The molecule has 2 heteroatoms. The number of aryl methyl sites for hydroxylation is 7. The van der Waals surface area contributed by atoms with Crippen molar-refractivity contribution in [3.63, 3.8) is 0 Å². The van der Waals surface area contributed by atoms with Gasteiger partial charge in [-0.25, -0.2) is 8.78 Å². The summed E-state index contributed by atoms with van der Waals surface area (Å²) >= 11 is 0. The zero-order chi connectivity index (χ0) is 99.9. The van der Waals surface area contributed by atoms with Crippen LogP contribution in [0.1, 0.15) is 266 Å². The van der Waals surface area contributed by atoms with Gasteiger partial charge in [0.15, 0.2) is 0 Å². The molecule has 18 aromatic rings. The maximum absolute atomic E-state index is 13.8. The van der Waals surface area contributed by atoms with E-state index in [1.807, 2.05) is 12.1 Å². The topological polar surface area (TPSA) is 0 Å². The van der Waals surface area contributed by atoms with E-state index in [0.29, 0.717) is 5.41 Å². The van der Waals surface area contributed by atoms with Crippen LogP contribution in [0.4, 0.5) is 8.78 Å². The van der Waals surface area contributed by atoms with Gasteiger partial charge < -0.3 is 0 Å². The van der Waals surface area contributed by atoms with E-state index >= 15 is 0 Å². The third kappa shape index (κ3) is 16.3. The van der Waals surface area contributed by atoms with Crippen LogP contribution in [-0.2, 0) is 37.9 Å². The van der Waals surface area contributed by atoms with E-state index in [1.54, 1.807) is 46.5 Å². The largest absolute Gasteiger partial charge is 0.207 e. The Labute approximate surface area is 860 Å². The molecule has 0 saturated heterocycles. The van der Waals surface area contributed by atoms with Gasteiger partial charge in [0.2, 0.25) is 0 Å². The molecule has 0 bridgehead atoms. The molecule has 0 aromatic heterocycles. The first-order valence-corrected chi connectivity index (χ1v) is 53.5. The van der Waals surface area contributed by atoms with Crippen molar-refractivity contribution < 1.29 is 8.78 Å². The number of halogens is 2. The lowest BCUT2D eigenvalue weighted by molar-refractivity contribution is 0.350. The van der Waals surface area contributed by atoms with Gasteiger partial charge in [0.05, 0.1) is 0 Å². The van der Waals surface area contributed by atoms with Gasteiger partial charge in [-0.15, -0.1) is 0 Å². The summed E-state index contributed by atoms with van der Waals surface area (Å²) in [6.45, 7) is 29.2. The fraction of sp³-hybridized carbons (Fsp3) is 0.245. The highest BCUT2D eigenvalue weighted by Gasteiger charge is 2.50. The van der Waals surface area contributed by atoms with Crippen LogP contribution in [0.15, 0.2) is 394 Å². The van der Waals surface area contributed by atoms with Gasteiger partial charge in [0, 0.05) is 37.9 Å². The van der Waals surface area contributed by atoms with E-state index in [1.165, 1.54) is 297 Å². The predicted octanol–water partition coefficient (Wildman–Crippen LogP) is 38.6. The second kappa shape index (κ2) is 38.4. The van der Waals surface area contributed by atoms with Gasteiger partial charge in [-0.1, -0.05) is 455 Å². The molecule has 18 aromatic carbocycles. The fourth-order valence-electron chi connectivity index (χ4n) is 28.8. The van der Waals surface area contributed by atoms with Gasteiger partial charge in [0.1, 0.15) is 11.6 Å². The first-order valence-electron chi connectivity index (χ1n) is 53.5.